The Bertz CT molecular complexity index is 1340. The van der Waals surface area contributed by atoms with Crippen molar-refractivity contribution < 1.29 is 24.2 Å². The fourth-order valence-corrected chi connectivity index (χ4v) is 4.95. The third-order valence-corrected chi connectivity index (χ3v) is 6.53. The smallest absolute Gasteiger partial charge is 0.300 e. The van der Waals surface area contributed by atoms with E-state index in [1.165, 1.54) is 24.1 Å². The van der Waals surface area contributed by atoms with E-state index in [0.29, 0.717) is 17.0 Å². The van der Waals surface area contributed by atoms with Gasteiger partial charge in [-0.15, -0.1) is 0 Å². The third kappa shape index (κ3) is 4.35. The number of methoxy groups -OCH3 is 2. The topological polar surface area (TPSA) is 76.1 Å². The van der Waals surface area contributed by atoms with Gasteiger partial charge in [-0.3, -0.25) is 14.5 Å². The number of carbonyl (C=O) groups is 2. The first-order valence-corrected chi connectivity index (χ1v) is 11.5. The first-order chi connectivity index (χ1) is 16.7. The Balaban J connectivity index is 1.97. The summed E-state index contributed by atoms with van der Waals surface area (Å²) in [7, 11) is 2.97. The Kier molecular flexibility index (Phi) is 6.79. The molecule has 1 aliphatic heterocycles. The van der Waals surface area contributed by atoms with E-state index in [1.54, 1.807) is 37.4 Å². The first kappa shape index (κ1) is 24.6. The number of hydrogen-bond donors (Lipinski definition) is 1. The minimum Gasteiger partial charge on any atom is -0.507 e. The van der Waals surface area contributed by atoms with Crippen molar-refractivity contribution in [3.05, 3.63) is 92.5 Å². The molecule has 1 aliphatic rings. The number of ether oxygens (including phenoxy) is 2. The van der Waals surface area contributed by atoms with Gasteiger partial charge in [-0.2, -0.15) is 0 Å². The van der Waals surface area contributed by atoms with Crippen LogP contribution < -0.4 is 14.4 Å². The van der Waals surface area contributed by atoms with E-state index in [9.17, 15) is 14.7 Å². The molecule has 0 saturated carbocycles. The van der Waals surface area contributed by atoms with Gasteiger partial charge in [0.15, 0.2) is 5.75 Å². The fourth-order valence-electron chi connectivity index (χ4n) is 4.31. The molecule has 1 heterocycles. The molecule has 0 aliphatic carbocycles. The Morgan fingerprint density at radius 1 is 0.914 bits per heavy atom. The number of aryl methyl sites for hydroxylation is 2. The molecular weight excluding hydrogens is 489 g/mol. The molecule has 4 rings (SSSR count). The molecule has 0 spiro atoms. The summed E-state index contributed by atoms with van der Waals surface area (Å²) in [4.78, 5) is 28.1. The molecule has 8 heteroatoms. The second-order valence-corrected chi connectivity index (χ2v) is 9.02. The normalized spacial score (nSPS) is 17.1. The van der Waals surface area contributed by atoms with Crippen LogP contribution in [-0.4, -0.2) is 31.0 Å². The van der Waals surface area contributed by atoms with E-state index in [1.807, 2.05) is 26.0 Å². The lowest BCUT2D eigenvalue weighted by Gasteiger charge is -2.27. The Morgan fingerprint density at radius 3 is 2.09 bits per heavy atom. The zero-order valence-corrected chi connectivity index (χ0v) is 21.1. The zero-order valence-electron chi connectivity index (χ0n) is 19.6. The molecular formula is C27H23Cl2NO5. The predicted molar refractivity (Wildman–Crippen MR) is 137 cm³/mol. The van der Waals surface area contributed by atoms with E-state index in [2.05, 4.69) is 0 Å². The van der Waals surface area contributed by atoms with Crippen LogP contribution in [0.1, 0.15) is 28.3 Å². The summed E-state index contributed by atoms with van der Waals surface area (Å²) in [6, 6.07) is 14.6. The van der Waals surface area contributed by atoms with Crippen molar-refractivity contribution in [1.82, 2.24) is 0 Å². The highest BCUT2D eigenvalue weighted by Crippen LogP contribution is 2.44. The van der Waals surface area contributed by atoms with Crippen molar-refractivity contribution in [2.24, 2.45) is 0 Å². The van der Waals surface area contributed by atoms with E-state index in [0.717, 1.165) is 11.1 Å². The largest absolute Gasteiger partial charge is 0.507 e. The number of halogens is 2. The lowest BCUT2D eigenvalue weighted by atomic mass is 9.94. The van der Waals surface area contributed by atoms with Gasteiger partial charge >= 0.3 is 0 Å². The number of anilines is 1. The molecule has 3 aromatic carbocycles. The lowest BCUT2D eigenvalue weighted by Crippen LogP contribution is -2.30. The van der Waals surface area contributed by atoms with Crippen molar-refractivity contribution in [2.75, 3.05) is 19.1 Å². The van der Waals surface area contributed by atoms with E-state index in [4.69, 9.17) is 32.7 Å². The van der Waals surface area contributed by atoms with E-state index >= 15 is 0 Å². The highest BCUT2D eigenvalue weighted by molar-refractivity contribution is 6.52. The van der Waals surface area contributed by atoms with Crippen LogP contribution in [-0.2, 0) is 9.59 Å². The van der Waals surface area contributed by atoms with Crippen LogP contribution in [0.4, 0.5) is 5.69 Å². The molecule has 0 radical (unpaired) electrons. The van der Waals surface area contributed by atoms with Crippen molar-refractivity contribution >= 4 is 46.3 Å². The Morgan fingerprint density at radius 2 is 1.54 bits per heavy atom. The maximum atomic E-state index is 13.4. The van der Waals surface area contributed by atoms with E-state index in [-0.39, 0.29) is 32.7 Å². The number of Topliss-reactive ketones (excluding diaryl/α,β-unsaturated/α-hetero) is 1. The summed E-state index contributed by atoms with van der Waals surface area (Å²) in [6.07, 6.45) is 0. The monoisotopic (exact) mass is 511 g/mol. The Labute approximate surface area is 213 Å². The lowest BCUT2D eigenvalue weighted by molar-refractivity contribution is -0.132. The molecule has 1 fully saturated rings. The van der Waals surface area contributed by atoms with Gasteiger partial charge in [0.25, 0.3) is 11.7 Å². The van der Waals surface area contributed by atoms with Crippen LogP contribution in [0.2, 0.25) is 10.0 Å². The molecule has 1 atom stereocenters. The van der Waals surface area contributed by atoms with Crippen molar-refractivity contribution in [1.29, 1.82) is 0 Å². The minimum atomic E-state index is -0.887. The summed E-state index contributed by atoms with van der Waals surface area (Å²) in [6.45, 7) is 3.82. The molecule has 35 heavy (non-hydrogen) atoms. The second kappa shape index (κ2) is 9.64. The molecule has 1 N–H and O–H groups in total. The Hall–Kier alpha value is -3.48. The molecule has 0 aromatic heterocycles. The average molecular weight is 512 g/mol. The van der Waals surface area contributed by atoms with E-state index < -0.39 is 17.7 Å². The number of ketones is 1. The maximum Gasteiger partial charge on any atom is 0.300 e. The van der Waals surface area contributed by atoms with Crippen LogP contribution in [0.25, 0.3) is 5.76 Å². The molecule has 6 nitrogen and oxygen atoms in total. The highest BCUT2D eigenvalue weighted by atomic mass is 35.5. The van der Waals surface area contributed by atoms with Crippen LogP contribution >= 0.6 is 23.2 Å². The van der Waals surface area contributed by atoms with Crippen molar-refractivity contribution in [2.45, 2.75) is 19.9 Å². The summed E-state index contributed by atoms with van der Waals surface area (Å²) >= 11 is 12.6. The highest BCUT2D eigenvalue weighted by Gasteiger charge is 2.47. The number of rotatable bonds is 5. The van der Waals surface area contributed by atoms with Crippen molar-refractivity contribution in [3.8, 4) is 11.5 Å². The molecule has 1 saturated heterocycles. The van der Waals surface area contributed by atoms with Crippen LogP contribution in [0.15, 0.2) is 60.2 Å². The van der Waals surface area contributed by atoms with Gasteiger partial charge in [0.2, 0.25) is 0 Å². The summed E-state index contributed by atoms with van der Waals surface area (Å²) < 4.78 is 10.4. The SMILES string of the molecule is COc1ccc(C2/C(=C(\O)c3cc(Cl)c(OC)c(Cl)c3)C(=O)C(=O)N2c2ccc(C)cc2C)cc1. The molecule has 1 amide bonds. The number of aliphatic hydroxyl groups is 1. The number of carbonyl (C=O) groups excluding carboxylic acids is 2. The summed E-state index contributed by atoms with van der Waals surface area (Å²) in [5.41, 5.74) is 3.16. The first-order valence-electron chi connectivity index (χ1n) is 10.7. The molecule has 1 unspecified atom stereocenters. The van der Waals surface area contributed by atoms with Gasteiger partial charge < -0.3 is 14.6 Å². The summed E-state index contributed by atoms with van der Waals surface area (Å²) in [5, 5.41) is 11.6. The average Bonchev–Trinajstić information content (AvgIpc) is 3.09. The number of nitrogens with zero attached hydrogens (tertiary/aromatic N) is 1. The predicted octanol–water partition coefficient (Wildman–Crippen LogP) is 6.25. The summed E-state index contributed by atoms with van der Waals surface area (Å²) in [5.74, 6) is -1.09. The fraction of sp³-hybridized carbons (Fsp3) is 0.185. The number of hydrogen-bond acceptors (Lipinski definition) is 5. The van der Waals surface area contributed by atoms with Gasteiger partial charge in [0, 0.05) is 11.3 Å². The zero-order chi connectivity index (χ0) is 25.4. The number of benzene rings is 3. The van der Waals surface area contributed by atoms with Crippen LogP contribution in [0.3, 0.4) is 0 Å². The third-order valence-electron chi connectivity index (χ3n) is 5.96. The van der Waals surface area contributed by atoms with Gasteiger partial charge in [-0.05, 0) is 55.3 Å². The second-order valence-electron chi connectivity index (χ2n) is 8.21. The quantitative estimate of drug-likeness (QED) is 0.248. The van der Waals surface area contributed by atoms with Gasteiger partial charge in [-0.1, -0.05) is 53.0 Å². The van der Waals surface area contributed by atoms with Crippen LogP contribution in [0.5, 0.6) is 11.5 Å². The molecule has 0 bridgehead atoms. The van der Waals surface area contributed by atoms with Gasteiger partial charge in [0.05, 0.1) is 35.9 Å². The number of amides is 1. The maximum absolute atomic E-state index is 13.4. The standard InChI is InChI=1S/C27H23Cl2NO5/c1-14-5-10-21(15(2)11-14)30-23(16-6-8-18(34-3)9-7-16)22(25(32)27(30)33)24(31)17-12-19(28)26(35-4)20(29)13-17/h5-13,23,31H,1-4H3/b24-22+. The van der Waals surface area contributed by atoms with Crippen molar-refractivity contribution in [3.63, 3.8) is 0 Å². The van der Waals surface area contributed by atoms with Crippen LogP contribution in [0, 0.1) is 13.8 Å². The number of aliphatic hydroxyl groups excluding tert-OH is 1. The molecule has 3 aromatic rings. The minimum absolute atomic E-state index is 0.0718. The van der Waals surface area contributed by atoms with Gasteiger partial charge in [0.1, 0.15) is 11.5 Å². The molecule has 180 valence electrons. The van der Waals surface area contributed by atoms with Gasteiger partial charge in [-0.25, -0.2) is 0 Å².